The van der Waals surface area contributed by atoms with Crippen LogP contribution in [-0.4, -0.2) is 47.9 Å². The van der Waals surface area contributed by atoms with Crippen molar-refractivity contribution in [3.8, 4) is 0 Å². The molecule has 0 N–H and O–H groups in total. The van der Waals surface area contributed by atoms with E-state index >= 15 is 0 Å². The van der Waals surface area contributed by atoms with Gasteiger partial charge in [-0.3, -0.25) is 4.79 Å². The Morgan fingerprint density at radius 2 is 1.91 bits per heavy atom. The molecule has 1 aromatic rings. The first-order valence-electron chi connectivity index (χ1n) is 8.96. The molecule has 1 unspecified atom stereocenters. The highest BCUT2D eigenvalue weighted by Crippen LogP contribution is 2.41. The highest BCUT2D eigenvalue weighted by Gasteiger charge is 2.43. The molecule has 0 aromatic heterocycles. The van der Waals surface area contributed by atoms with Gasteiger partial charge in [-0.2, -0.15) is 0 Å². The summed E-state index contributed by atoms with van der Waals surface area (Å²) in [6.07, 6.45) is 6.27. The van der Waals surface area contributed by atoms with Gasteiger partial charge in [-0.1, -0.05) is 12.1 Å². The fraction of sp³-hybridized carbons (Fsp3) is 0.632. The first kappa shape index (κ1) is 13.1. The average Bonchev–Trinajstić information content (AvgIpc) is 2.59. The first-order chi connectivity index (χ1) is 10.8. The second kappa shape index (κ2) is 4.82. The standard InChI is InChI=1S/C19H24N2O/c22-19-16-6-2-4-14-3-1-5-15(18(14)16)11-21(19)17-12-20-9-7-13(17)8-10-20/h2,4,6,13,15,17H,1,3,5,7-12H2/t15-,17?/m0/s1. The molecule has 3 heteroatoms. The molecule has 1 amide bonds. The van der Waals surface area contributed by atoms with Crippen molar-refractivity contribution in [1.29, 1.82) is 0 Å². The van der Waals surface area contributed by atoms with Gasteiger partial charge >= 0.3 is 0 Å². The van der Waals surface area contributed by atoms with E-state index in [1.165, 1.54) is 49.9 Å². The van der Waals surface area contributed by atoms with E-state index in [-0.39, 0.29) is 0 Å². The zero-order valence-electron chi connectivity index (χ0n) is 13.1. The highest BCUT2D eigenvalue weighted by atomic mass is 16.2. The lowest BCUT2D eigenvalue weighted by molar-refractivity contribution is 0.00258. The number of rotatable bonds is 1. The number of amides is 1. The minimum Gasteiger partial charge on any atom is -0.333 e. The summed E-state index contributed by atoms with van der Waals surface area (Å²) in [5.41, 5.74) is 3.86. The van der Waals surface area contributed by atoms with Crippen molar-refractivity contribution < 1.29 is 4.79 Å². The van der Waals surface area contributed by atoms with Crippen LogP contribution in [0.1, 0.15) is 53.1 Å². The monoisotopic (exact) mass is 296 g/mol. The molecule has 2 atom stereocenters. The second-order valence-electron chi connectivity index (χ2n) is 7.63. The van der Waals surface area contributed by atoms with E-state index in [1.54, 1.807) is 0 Å². The summed E-state index contributed by atoms with van der Waals surface area (Å²) >= 11 is 0. The summed E-state index contributed by atoms with van der Waals surface area (Å²) in [6.45, 7) is 4.57. The topological polar surface area (TPSA) is 23.6 Å². The number of aryl methyl sites for hydroxylation is 1. The third kappa shape index (κ3) is 1.81. The van der Waals surface area contributed by atoms with Crippen LogP contribution < -0.4 is 0 Å². The Morgan fingerprint density at radius 1 is 1.05 bits per heavy atom. The van der Waals surface area contributed by atoms with Crippen molar-refractivity contribution in [3.63, 3.8) is 0 Å². The lowest BCUT2D eigenvalue weighted by atomic mass is 9.75. The van der Waals surface area contributed by atoms with E-state index in [4.69, 9.17) is 0 Å². The Hall–Kier alpha value is -1.35. The van der Waals surface area contributed by atoms with Crippen LogP contribution in [0, 0.1) is 5.92 Å². The van der Waals surface area contributed by atoms with Gasteiger partial charge in [0, 0.05) is 30.6 Å². The molecular formula is C19H24N2O. The Bertz CT molecular complexity index is 618. The quantitative estimate of drug-likeness (QED) is 0.795. The molecule has 3 fully saturated rings. The summed E-state index contributed by atoms with van der Waals surface area (Å²) in [5.74, 6) is 1.64. The highest BCUT2D eigenvalue weighted by molar-refractivity contribution is 5.97. The number of carbonyl (C=O) groups is 1. The van der Waals surface area contributed by atoms with E-state index < -0.39 is 0 Å². The maximum absolute atomic E-state index is 13.1. The molecule has 0 saturated carbocycles. The summed E-state index contributed by atoms with van der Waals surface area (Å²) in [5, 5.41) is 0. The number of benzene rings is 1. The Balaban J connectivity index is 1.53. The van der Waals surface area contributed by atoms with Gasteiger partial charge < -0.3 is 9.80 Å². The van der Waals surface area contributed by atoms with Gasteiger partial charge in [0.15, 0.2) is 0 Å². The van der Waals surface area contributed by atoms with Crippen LogP contribution in [0.3, 0.4) is 0 Å². The van der Waals surface area contributed by atoms with Crippen molar-refractivity contribution in [2.45, 2.75) is 44.1 Å². The maximum Gasteiger partial charge on any atom is 0.254 e. The SMILES string of the molecule is O=C1c2cccc3c2[C@@H](CCC3)CN1C1CN2CCC1CC2. The van der Waals surface area contributed by atoms with Crippen LogP contribution in [0.2, 0.25) is 0 Å². The van der Waals surface area contributed by atoms with E-state index in [9.17, 15) is 4.79 Å². The predicted octanol–water partition coefficient (Wildman–Crippen LogP) is 2.66. The van der Waals surface area contributed by atoms with Gasteiger partial charge in [0.1, 0.15) is 0 Å². The van der Waals surface area contributed by atoms with Gasteiger partial charge in [0.25, 0.3) is 5.91 Å². The van der Waals surface area contributed by atoms with Crippen molar-refractivity contribution in [1.82, 2.24) is 9.80 Å². The maximum atomic E-state index is 13.1. The number of hydrogen-bond donors (Lipinski definition) is 0. The molecule has 1 aliphatic carbocycles. The van der Waals surface area contributed by atoms with Crippen LogP contribution in [0.15, 0.2) is 18.2 Å². The van der Waals surface area contributed by atoms with Gasteiger partial charge in [-0.25, -0.2) is 0 Å². The molecule has 6 rings (SSSR count). The van der Waals surface area contributed by atoms with Crippen molar-refractivity contribution >= 4 is 5.91 Å². The molecule has 0 spiro atoms. The van der Waals surface area contributed by atoms with E-state index in [0.29, 0.717) is 17.9 Å². The molecule has 4 heterocycles. The van der Waals surface area contributed by atoms with Crippen molar-refractivity contribution in [3.05, 3.63) is 34.9 Å². The zero-order valence-corrected chi connectivity index (χ0v) is 13.1. The van der Waals surface area contributed by atoms with Crippen LogP contribution in [-0.2, 0) is 6.42 Å². The lowest BCUT2D eigenvalue weighted by Gasteiger charge is -2.51. The molecule has 2 bridgehead atoms. The summed E-state index contributed by atoms with van der Waals surface area (Å²) < 4.78 is 0. The molecule has 0 radical (unpaired) electrons. The minimum atomic E-state index is 0.314. The predicted molar refractivity (Wildman–Crippen MR) is 86.1 cm³/mol. The lowest BCUT2D eigenvalue weighted by Crippen LogP contribution is -2.60. The number of nitrogens with zero attached hydrogens (tertiary/aromatic N) is 2. The smallest absolute Gasteiger partial charge is 0.254 e. The van der Waals surface area contributed by atoms with E-state index in [1.807, 2.05) is 0 Å². The average molecular weight is 296 g/mol. The minimum absolute atomic E-state index is 0.314. The second-order valence-corrected chi connectivity index (χ2v) is 7.63. The van der Waals surface area contributed by atoms with Crippen molar-refractivity contribution in [2.75, 3.05) is 26.2 Å². The molecule has 4 aliphatic heterocycles. The zero-order chi connectivity index (χ0) is 14.7. The molecule has 5 aliphatic rings. The number of hydrogen-bond acceptors (Lipinski definition) is 2. The third-order valence-corrected chi connectivity index (χ3v) is 6.53. The number of carbonyl (C=O) groups excluding carboxylic acids is 1. The number of fused-ring (bicyclic) bond motifs is 3. The molecule has 3 saturated heterocycles. The fourth-order valence-corrected chi connectivity index (χ4v) is 5.41. The third-order valence-electron chi connectivity index (χ3n) is 6.53. The fourth-order valence-electron chi connectivity index (χ4n) is 5.41. The largest absolute Gasteiger partial charge is 0.333 e. The normalized spacial score (nSPS) is 36.4. The van der Waals surface area contributed by atoms with Gasteiger partial charge in [-0.15, -0.1) is 0 Å². The molecule has 3 nitrogen and oxygen atoms in total. The summed E-state index contributed by atoms with van der Waals surface area (Å²) in [7, 11) is 0. The van der Waals surface area contributed by atoms with Crippen LogP contribution in [0.25, 0.3) is 0 Å². The number of piperidine rings is 3. The summed E-state index contributed by atoms with van der Waals surface area (Å²) in [4.78, 5) is 18.0. The van der Waals surface area contributed by atoms with Crippen LogP contribution >= 0.6 is 0 Å². The Kier molecular flexibility index (Phi) is 2.88. The van der Waals surface area contributed by atoms with E-state index in [0.717, 1.165) is 31.0 Å². The Labute approximate surface area is 132 Å². The molecule has 116 valence electrons. The van der Waals surface area contributed by atoms with E-state index in [2.05, 4.69) is 28.0 Å². The van der Waals surface area contributed by atoms with Crippen LogP contribution in [0.4, 0.5) is 0 Å². The van der Waals surface area contributed by atoms with Gasteiger partial charge in [-0.05, 0) is 68.3 Å². The molecular weight excluding hydrogens is 272 g/mol. The van der Waals surface area contributed by atoms with Gasteiger partial charge in [0.05, 0.1) is 0 Å². The molecule has 1 aromatic carbocycles. The Morgan fingerprint density at radius 3 is 2.68 bits per heavy atom. The van der Waals surface area contributed by atoms with Crippen molar-refractivity contribution in [2.24, 2.45) is 5.92 Å². The van der Waals surface area contributed by atoms with Crippen LogP contribution in [0.5, 0.6) is 0 Å². The summed E-state index contributed by atoms with van der Waals surface area (Å²) in [6, 6.07) is 6.87. The first-order valence-corrected chi connectivity index (χ1v) is 8.96. The molecule has 22 heavy (non-hydrogen) atoms. The van der Waals surface area contributed by atoms with Gasteiger partial charge in [0.2, 0.25) is 0 Å².